The molecule has 1 aliphatic rings. The fourth-order valence-corrected chi connectivity index (χ4v) is 3.97. The molecule has 3 N–H and O–H groups in total. The number of aryl methyl sites for hydroxylation is 1. The van der Waals surface area contributed by atoms with Crippen LogP contribution in [0.4, 0.5) is 0 Å². The first-order valence-corrected chi connectivity index (χ1v) is 10.5. The lowest BCUT2D eigenvalue weighted by molar-refractivity contribution is 0.0696. The lowest BCUT2D eigenvalue weighted by Gasteiger charge is -2.27. The summed E-state index contributed by atoms with van der Waals surface area (Å²) >= 11 is 6.01. The van der Waals surface area contributed by atoms with Gasteiger partial charge in [0.2, 0.25) is 5.88 Å². The molecule has 0 aliphatic heterocycles. The maximum atomic E-state index is 10.9. The van der Waals surface area contributed by atoms with Crippen LogP contribution in [-0.2, 0) is 12.8 Å². The summed E-state index contributed by atoms with van der Waals surface area (Å²) in [7, 11) is 0. The molecule has 1 aromatic heterocycles. The molecule has 1 heterocycles. The number of halogens is 2. The highest BCUT2D eigenvalue weighted by molar-refractivity contribution is 6.30. The first-order valence-electron chi connectivity index (χ1n) is 10.1. The number of ether oxygens (including phenoxy) is 1. The standard InChI is InChI=1S/C24H23ClN2O4.ClH/c25-19-3-1-2-16(10-19)22(28)14-26-20-7-4-15-5-8-21(12-18(15)11-20)31-23-9-6-17(13-27-23)24(29)30;/h1-3,5-6,8-10,12-13,20,22,26,28H,4,7,11,14H2,(H,29,30);1H/t20-,22+;/m0./s1. The smallest absolute Gasteiger partial charge is 0.337 e. The molecule has 0 radical (unpaired) electrons. The lowest BCUT2D eigenvalue weighted by atomic mass is 9.88. The molecule has 0 bridgehead atoms. The number of aliphatic hydroxyl groups excluding tert-OH is 1. The third-order valence-electron chi connectivity index (χ3n) is 5.45. The van der Waals surface area contributed by atoms with E-state index in [0.29, 0.717) is 23.2 Å². The summed E-state index contributed by atoms with van der Waals surface area (Å²) in [4.78, 5) is 15.0. The van der Waals surface area contributed by atoms with Gasteiger partial charge in [0, 0.05) is 29.9 Å². The van der Waals surface area contributed by atoms with E-state index in [4.69, 9.17) is 21.4 Å². The zero-order chi connectivity index (χ0) is 21.8. The average molecular weight is 475 g/mol. The van der Waals surface area contributed by atoms with Crippen molar-refractivity contribution in [1.82, 2.24) is 10.3 Å². The Hall–Kier alpha value is -2.64. The monoisotopic (exact) mass is 474 g/mol. The van der Waals surface area contributed by atoms with Gasteiger partial charge in [-0.2, -0.15) is 0 Å². The van der Waals surface area contributed by atoms with Gasteiger partial charge in [-0.05, 0) is 66.3 Å². The van der Waals surface area contributed by atoms with E-state index in [2.05, 4.69) is 16.4 Å². The van der Waals surface area contributed by atoms with Crippen LogP contribution in [0.15, 0.2) is 60.8 Å². The molecule has 0 fully saturated rings. The number of hydrogen-bond acceptors (Lipinski definition) is 5. The zero-order valence-corrected chi connectivity index (χ0v) is 18.8. The molecule has 4 rings (SSSR count). The first kappa shape index (κ1) is 24.0. The summed E-state index contributed by atoms with van der Waals surface area (Å²) in [5, 5.41) is 23.5. The van der Waals surface area contributed by atoms with Crippen molar-refractivity contribution in [3.63, 3.8) is 0 Å². The largest absolute Gasteiger partial charge is 0.478 e. The Kier molecular flexibility index (Phi) is 8.10. The van der Waals surface area contributed by atoms with Gasteiger partial charge < -0.3 is 20.3 Å². The molecular weight excluding hydrogens is 451 g/mol. The second-order valence-electron chi connectivity index (χ2n) is 7.64. The number of carboxylic acid groups (broad SMARTS) is 1. The number of aromatic nitrogens is 1. The molecule has 0 amide bonds. The summed E-state index contributed by atoms with van der Waals surface area (Å²) < 4.78 is 5.80. The molecule has 32 heavy (non-hydrogen) atoms. The highest BCUT2D eigenvalue weighted by Crippen LogP contribution is 2.28. The highest BCUT2D eigenvalue weighted by Gasteiger charge is 2.20. The van der Waals surface area contributed by atoms with E-state index >= 15 is 0 Å². The fourth-order valence-electron chi connectivity index (χ4n) is 3.77. The van der Waals surface area contributed by atoms with E-state index in [0.717, 1.165) is 24.8 Å². The topological polar surface area (TPSA) is 91.7 Å². The van der Waals surface area contributed by atoms with Gasteiger partial charge in [0.1, 0.15) is 5.75 Å². The summed E-state index contributed by atoms with van der Waals surface area (Å²) in [5.41, 5.74) is 3.40. The number of carboxylic acids is 1. The molecule has 0 saturated carbocycles. The number of aromatic carboxylic acids is 1. The Labute approximate surface area is 197 Å². The van der Waals surface area contributed by atoms with E-state index in [1.165, 1.54) is 23.4 Å². The van der Waals surface area contributed by atoms with Crippen LogP contribution in [0.5, 0.6) is 11.6 Å². The van der Waals surface area contributed by atoms with Crippen molar-refractivity contribution in [3.8, 4) is 11.6 Å². The van der Waals surface area contributed by atoms with E-state index in [1.807, 2.05) is 24.3 Å². The molecule has 0 spiro atoms. The van der Waals surface area contributed by atoms with Gasteiger partial charge in [-0.1, -0.05) is 29.8 Å². The van der Waals surface area contributed by atoms with Gasteiger partial charge in [0.25, 0.3) is 0 Å². The number of hydrogen-bond donors (Lipinski definition) is 3. The van der Waals surface area contributed by atoms with Gasteiger partial charge >= 0.3 is 5.97 Å². The summed E-state index contributed by atoms with van der Waals surface area (Å²) in [6, 6.07) is 16.5. The first-order chi connectivity index (χ1) is 15.0. The zero-order valence-electron chi connectivity index (χ0n) is 17.2. The Bertz CT molecular complexity index is 1080. The van der Waals surface area contributed by atoms with Gasteiger partial charge in [-0.15, -0.1) is 12.4 Å². The van der Waals surface area contributed by atoms with Gasteiger partial charge in [-0.3, -0.25) is 0 Å². The van der Waals surface area contributed by atoms with Crippen molar-refractivity contribution in [2.24, 2.45) is 0 Å². The molecule has 3 aromatic rings. The summed E-state index contributed by atoms with van der Waals surface area (Å²) in [5.74, 6) is -0.0131. The molecule has 6 nitrogen and oxygen atoms in total. The van der Waals surface area contributed by atoms with Crippen molar-refractivity contribution < 1.29 is 19.7 Å². The normalized spacial score (nSPS) is 15.9. The molecule has 2 aromatic carbocycles. The highest BCUT2D eigenvalue weighted by atomic mass is 35.5. The number of nitrogens with zero attached hydrogens (tertiary/aromatic N) is 1. The van der Waals surface area contributed by atoms with Crippen molar-refractivity contribution >= 4 is 30.0 Å². The van der Waals surface area contributed by atoms with Gasteiger partial charge in [0.15, 0.2) is 0 Å². The Morgan fingerprint density at radius 3 is 2.75 bits per heavy atom. The van der Waals surface area contributed by atoms with Crippen molar-refractivity contribution in [2.75, 3.05) is 6.54 Å². The molecule has 168 valence electrons. The fraction of sp³-hybridized carbons (Fsp3) is 0.250. The molecule has 1 aliphatic carbocycles. The number of rotatable bonds is 7. The number of benzene rings is 2. The number of fused-ring (bicyclic) bond motifs is 1. The van der Waals surface area contributed by atoms with E-state index < -0.39 is 12.1 Å². The Balaban J connectivity index is 0.00000289. The number of nitrogens with one attached hydrogen (secondary N) is 1. The SMILES string of the molecule is Cl.O=C(O)c1ccc(Oc2ccc3c(c2)C[C@@H](NC[C@@H](O)c2cccc(Cl)c2)CC3)nc1. The molecular formula is C24H24Cl2N2O4. The molecule has 0 unspecified atom stereocenters. The van der Waals surface area contributed by atoms with E-state index in [1.54, 1.807) is 18.2 Å². The van der Waals surface area contributed by atoms with E-state index in [-0.39, 0.29) is 24.0 Å². The van der Waals surface area contributed by atoms with Crippen LogP contribution in [0.1, 0.15) is 39.6 Å². The van der Waals surface area contributed by atoms with E-state index in [9.17, 15) is 9.90 Å². The van der Waals surface area contributed by atoms with Crippen molar-refractivity contribution in [1.29, 1.82) is 0 Å². The van der Waals surface area contributed by atoms with Crippen LogP contribution >= 0.6 is 24.0 Å². The average Bonchev–Trinajstić information content (AvgIpc) is 2.77. The summed E-state index contributed by atoms with van der Waals surface area (Å²) in [6.45, 7) is 0.455. The van der Waals surface area contributed by atoms with Crippen LogP contribution < -0.4 is 10.1 Å². The van der Waals surface area contributed by atoms with Gasteiger partial charge in [0.05, 0.1) is 11.7 Å². The predicted octanol–water partition coefficient (Wildman–Crippen LogP) is 4.83. The van der Waals surface area contributed by atoms with Crippen LogP contribution in [0.2, 0.25) is 5.02 Å². The Morgan fingerprint density at radius 1 is 1.19 bits per heavy atom. The maximum Gasteiger partial charge on any atom is 0.337 e. The Morgan fingerprint density at radius 2 is 2.03 bits per heavy atom. The van der Waals surface area contributed by atoms with Gasteiger partial charge in [-0.25, -0.2) is 9.78 Å². The van der Waals surface area contributed by atoms with Crippen molar-refractivity contribution in [3.05, 3.63) is 88.1 Å². The van der Waals surface area contributed by atoms with Crippen molar-refractivity contribution in [2.45, 2.75) is 31.4 Å². The number of pyridine rings is 1. The maximum absolute atomic E-state index is 10.9. The number of carbonyl (C=O) groups is 1. The third-order valence-corrected chi connectivity index (χ3v) is 5.68. The second-order valence-corrected chi connectivity index (χ2v) is 8.08. The summed E-state index contributed by atoms with van der Waals surface area (Å²) in [6.07, 6.45) is 3.44. The third kappa shape index (κ3) is 5.99. The number of aliphatic hydroxyl groups is 1. The quantitative estimate of drug-likeness (QED) is 0.454. The molecule has 8 heteroatoms. The van der Waals surface area contributed by atoms with Crippen LogP contribution in [-0.4, -0.2) is 33.8 Å². The minimum Gasteiger partial charge on any atom is -0.478 e. The van der Waals surface area contributed by atoms with Crippen LogP contribution in [0.3, 0.4) is 0 Å². The molecule has 0 saturated heterocycles. The minimum atomic E-state index is -1.02. The molecule has 2 atom stereocenters. The minimum absolute atomic E-state index is 0. The lowest BCUT2D eigenvalue weighted by Crippen LogP contribution is -2.37. The van der Waals surface area contributed by atoms with Crippen LogP contribution in [0.25, 0.3) is 0 Å². The predicted molar refractivity (Wildman–Crippen MR) is 125 cm³/mol. The second kappa shape index (κ2) is 10.8. The van der Waals surface area contributed by atoms with Crippen LogP contribution in [0, 0.1) is 0 Å².